The second-order valence-corrected chi connectivity index (χ2v) is 4.34. The van der Waals surface area contributed by atoms with Crippen molar-refractivity contribution in [3.63, 3.8) is 0 Å². The van der Waals surface area contributed by atoms with E-state index in [1.807, 2.05) is 30.3 Å². The Balaban J connectivity index is 2.49. The normalized spacial score (nSPS) is 10.4. The van der Waals surface area contributed by atoms with E-state index < -0.39 is 0 Å². The number of hydrogen-bond acceptors (Lipinski definition) is 3. The fourth-order valence-electron chi connectivity index (χ4n) is 1.80. The molecule has 0 fully saturated rings. The molecule has 18 heavy (non-hydrogen) atoms. The van der Waals surface area contributed by atoms with Gasteiger partial charge < -0.3 is 4.74 Å². The molecule has 0 saturated heterocycles. The summed E-state index contributed by atoms with van der Waals surface area (Å²) in [5.74, 6) is 1.37. The summed E-state index contributed by atoms with van der Waals surface area (Å²) in [5.41, 5.74) is 1.82. The quantitative estimate of drug-likeness (QED) is 0.787. The van der Waals surface area contributed by atoms with Gasteiger partial charge in [-0.2, -0.15) is 0 Å². The fourth-order valence-corrected chi connectivity index (χ4v) is 2.00. The molecule has 94 valence electrons. The second-order valence-electron chi connectivity index (χ2n) is 3.96. The van der Waals surface area contributed by atoms with Crippen LogP contribution in [0.2, 0.25) is 5.15 Å². The summed E-state index contributed by atoms with van der Waals surface area (Å²) < 4.78 is 5.32. The zero-order valence-electron chi connectivity index (χ0n) is 10.5. The van der Waals surface area contributed by atoms with Crippen LogP contribution >= 0.6 is 11.6 Å². The monoisotopic (exact) mass is 262 g/mol. The van der Waals surface area contributed by atoms with Gasteiger partial charge in [0.25, 0.3) is 0 Å². The topological polar surface area (TPSA) is 35.0 Å². The molecule has 2 rings (SSSR count). The van der Waals surface area contributed by atoms with Crippen LogP contribution in [0.4, 0.5) is 0 Å². The molecule has 3 nitrogen and oxygen atoms in total. The number of aromatic nitrogens is 2. The lowest BCUT2D eigenvalue weighted by atomic mass is 10.1. The Labute approximate surface area is 112 Å². The molecule has 0 aliphatic carbocycles. The van der Waals surface area contributed by atoms with E-state index >= 15 is 0 Å². The van der Waals surface area contributed by atoms with E-state index in [2.05, 4.69) is 16.9 Å². The van der Waals surface area contributed by atoms with Gasteiger partial charge >= 0.3 is 0 Å². The van der Waals surface area contributed by atoms with E-state index in [1.165, 1.54) is 0 Å². The molecule has 0 saturated carbocycles. The molecule has 0 radical (unpaired) electrons. The van der Waals surface area contributed by atoms with Crippen LogP contribution in [0.5, 0.6) is 5.75 Å². The Morgan fingerprint density at radius 2 is 2.00 bits per heavy atom. The number of nitrogens with zero attached hydrogens (tertiary/aromatic N) is 2. The highest BCUT2D eigenvalue weighted by Gasteiger charge is 2.10. The molecule has 2 aromatic rings. The van der Waals surface area contributed by atoms with Crippen LogP contribution in [0, 0.1) is 0 Å². The number of methoxy groups -OCH3 is 1. The van der Waals surface area contributed by atoms with Crippen LogP contribution in [0.1, 0.15) is 19.0 Å². The van der Waals surface area contributed by atoms with Crippen LogP contribution in [0.3, 0.4) is 0 Å². The van der Waals surface area contributed by atoms with Crippen LogP contribution in [-0.4, -0.2) is 17.1 Å². The molecule has 0 bridgehead atoms. The van der Waals surface area contributed by atoms with E-state index in [9.17, 15) is 0 Å². The maximum absolute atomic E-state index is 6.04. The lowest BCUT2D eigenvalue weighted by molar-refractivity contribution is 0.416. The van der Waals surface area contributed by atoms with Gasteiger partial charge in [-0.3, -0.25) is 0 Å². The molecular formula is C14H15ClN2O. The summed E-state index contributed by atoms with van der Waals surface area (Å²) in [7, 11) is 1.64. The van der Waals surface area contributed by atoms with Crippen molar-refractivity contribution >= 4 is 11.6 Å². The second kappa shape index (κ2) is 5.83. The number of aryl methyl sites for hydroxylation is 1. The van der Waals surface area contributed by atoms with Crippen molar-refractivity contribution < 1.29 is 4.74 Å². The summed E-state index contributed by atoms with van der Waals surface area (Å²) in [6, 6.07) is 9.48. The average molecular weight is 263 g/mol. The molecule has 0 aliphatic heterocycles. The molecule has 1 aromatic heterocycles. The molecule has 1 heterocycles. The van der Waals surface area contributed by atoms with Crippen molar-refractivity contribution in [2.24, 2.45) is 0 Å². The maximum atomic E-state index is 6.04. The standard InChI is InChI=1S/C14H15ClN2O/c1-3-6-10-9-13(15)17-14(16-10)11-7-4-5-8-12(11)18-2/h4-5,7-9H,3,6H2,1-2H3. The molecule has 0 aliphatic rings. The van der Waals surface area contributed by atoms with Crippen molar-refractivity contribution in [1.82, 2.24) is 9.97 Å². The Morgan fingerprint density at radius 3 is 2.72 bits per heavy atom. The van der Waals surface area contributed by atoms with Gasteiger partial charge in [0, 0.05) is 5.69 Å². The third-order valence-corrected chi connectivity index (χ3v) is 2.80. The highest BCUT2D eigenvalue weighted by Crippen LogP contribution is 2.27. The summed E-state index contributed by atoms with van der Waals surface area (Å²) in [5, 5.41) is 0.467. The highest BCUT2D eigenvalue weighted by atomic mass is 35.5. The van der Waals surface area contributed by atoms with Crippen molar-refractivity contribution in [3.8, 4) is 17.1 Å². The Hall–Kier alpha value is -1.61. The van der Waals surface area contributed by atoms with Crippen molar-refractivity contribution in [1.29, 1.82) is 0 Å². The minimum absolute atomic E-state index is 0.467. The average Bonchev–Trinajstić information content (AvgIpc) is 2.38. The summed E-state index contributed by atoms with van der Waals surface area (Å²) in [6.45, 7) is 2.11. The third-order valence-electron chi connectivity index (χ3n) is 2.60. The molecule has 1 aromatic carbocycles. The third kappa shape index (κ3) is 2.79. The first kappa shape index (κ1) is 12.8. The predicted octanol–water partition coefficient (Wildman–Crippen LogP) is 3.76. The smallest absolute Gasteiger partial charge is 0.164 e. The van der Waals surface area contributed by atoms with Crippen molar-refractivity contribution in [2.45, 2.75) is 19.8 Å². The lowest BCUT2D eigenvalue weighted by Crippen LogP contribution is -1.97. The van der Waals surface area contributed by atoms with Gasteiger partial charge in [0.15, 0.2) is 5.82 Å². The summed E-state index contributed by atoms with van der Waals surface area (Å²) >= 11 is 6.04. The Bertz CT molecular complexity index is 543. The SMILES string of the molecule is CCCc1cc(Cl)nc(-c2ccccc2OC)n1. The van der Waals surface area contributed by atoms with Crippen LogP contribution in [-0.2, 0) is 6.42 Å². The Kier molecular flexibility index (Phi) is 4.15. The van der Waals surface area contributed by atoms with Gasteiger partial charge in [-0.1, -0.05) is 37.1 Å². The zero-order valence-corrected chi connectivity index (χ0v) is 11.2. The van der Waals surface area contributed by atoms with Crippen molar-refractivity contribution in [3.05, 3.63) is 41.2 Å². The number of rotatable bonds is 4. The van der Waals surface area contributed by atoms with Gasteiger partial charge in [0.2, 0.25) is 0 Å². The lowest BCUT2D eigenvalue weighted by Gasteiger charge is -2.08. The zero-order chi connectivity index (χ0) is 13.0. The Morgan fingerprint density at radius 1 is 1.22 bits per heavy atom. The number of hydrogen-bond donors (Lipinski definition) is 0. The van der Waals surface area contributed by atoms with E-state index in [-0.39, 0.29) is 0 Å². The van der Waals surface area contributed by atoms with Gasteiger partial charge in [-0.25, -0.2) is 9.97 Å². The largest absolute Gasteiger partial charge is 0.496 e. The van der Waals surface area contributed by atoms with Crippen LogP contribution in [0.15, 0.2) is 30.3 Å². The van der Waals surface area contributed by atoms with Gasteiger partial charge in [0.05, 0.1) is 12.7 Å². The van der Waals surface area contributed by atoms with E-state index in [0.717, 1.165) is 29.8 Å². The van der Waals surface area contributed by atoms with Gasteiger partial charge in [-0.05, 0) is 24.6 Å². The van der Waals surface area contributed by atoms with Crippen molar-refractivity contribution in [2.75, 3.05) is 7.11 Å². The molecule has 0 atom stereocenters. The molecule has 0 spiro atoms. The first-order valence-electron chi connectivity index (χ1n) is 5.91. The molecule has 0 unspecified atom stereocenters. The first-order valence-corrected chi connectivity index (χ1v) is 6.29. The highest BCUT2D eigenvalue weighted by molar-refractivity contribution is 6.29. The number of benzene rings is 1. The molecule has 0 amide bonds. The molecular weight excluding hydrogens is 248 g/mol. The number of para-hydroxylation sites is 1. The van der Waals surface area contributed by atoms with E-state index in [0.29, 0.717) is 11.0 Å². The first-order chi connectivity index (χ1) is 8.74. The molecule has 0 N–H and O–H groups in total. The van der Waals surface area contributed by atoms with Gasteiger partial charge in [-0.15, -0.1) is 0 Å². The molecule has 4 heteroatoms. The minimum Gasteiger partial charge on any atom is -0.496 e. The predicted molar refractivity (Wildman–Crippen MR) is 73.0 cm³/mol. The summed E-state index contributed by atoms with van der Waals surface area (Å²) in [6.07, 6.45) is 1.92. The van der Waals surface area contributed by atoms with Gasteiger partial charge in [0.1, 0.15) is 10.9 Å². The van der Waals surface area contributed by atoms with E-state index in [4.69, 9.17) is 16.3 Å². The van der Waals surface area contributed by atoms with Crippen LogP contribution in [0.25, 0.3) is 11.4 Å². The fraction of sp³-hybridized carbons (Fsp3) is 0.286. The summed E-state index contributed by atoms with van der Waals surface area (Å²) in [4.78, 5) is 8.80. The maximum Gasteiger partial charge on any atom is 0.164 e. The van der Waals surface area contributed by atoms with Crippen LogP contribution < -0.4 is 4.74 Å². The minimum atomic E-state index is 0.467. The van der Waals surface area contributed by atoms with E-state index in [1.54, 1.807) is 7.11 Å². The number of halogens is 1. The number of ether oxygens (including phenoxy) is 1.